The van der Waals surface area contributed by atoms with E-state index >= 15 is 0 Å². The number of thiazole rings is 1. The molecule has 1 unspecified atom stereocenters. The lowest BCUT2D eigenvalue weighted by atomic mass is 9.80. The van der Waals surface area contributed by atoms with Crippen LogP contribution >= 0.6 is 11.3 Å². The summed E-state index contributed by atoms with van der Waals surface area (Å²) in [5.41, 5.74) is 9.24. The molecule has 13 heteroatoms. The number of halogens is 1. The molecule has 3 aromatic rings. The van der Waals surface area contributed by atoms with E-state index in [1.807, 2.05) is 18.4 Å². The molecule has 2 heterocycles. The molecule has 2 aromatic carbocycles. The Bertz CT molecular complexity index is 1320. The number of ether oxygens (including phenoxy) is 2. The van der Waals surface area contributed by atoms with Gasteiger partial charge in [-0.1, -0.05) is 5.11 Å². The van der Waals surface area contributed by atoms with E-state index in [4.69, 9.17) is 20.1 Å². The second-order valence-corrected chi connectivity index (χ2v) is 9.41. The van der Waals surface area contributed by atoms with Gasteiger partial charge in [-0.2, -0.15) is 0 Å². The number of aliphatic hydroxyl groups excluding tert-OH is 1. The number of nitrogens with zero attached hydrogens (tertiary/aromatic N) is 4. The van der Waals surface area contributed by atoms with Crippen LogP contribution in [0, 0.1) is 5.82 Å². The maximum atomic E-state index is 14.3. The molecule has 0 saturated heterocycles. The molecule has 0 spiro atoms. The summed E-state index contributed by atoms with van der Waals surface area (Å²) in [6.07, 6.45) is 1.75. The van der Waals surface area contributed by atoms with Crippen molar-refractivity contribution in [3.63, 3.8) is 0 Å². The number of fused-ring (bicyclic) bond motifs is 1. The van der Waals surface area contributed by atoms with Gasteiger partial charge in [0.1, 0.15) is 17.8 Å². The van der Waals surface area contributed by atoms with Crippen LogP contribution in [-0.2, 0) is 12.0 Å². The highest BCUT2D eigenvalue weighted by Gasteiger charge is 2.35. The first-order valence-corrected chi connectivity index (χ1v) is 12.3. The van der Waals surface area contributed by atoms with E-state index in [1.165, 1.54) is 17.4 Å². The average Bonchev–Trinajstić information content (AvgIpc) is 3.35. The number of hydrogen-bond donors (Lipinski definition) is 4. The smallest absolute Gasteiger partial charge is 0.338 e. The van der Waals surface area contributed by atoms with Crippen molar-refractivity contribution >= 4 is 22.4 Å². The summed E-state index contributed by atoms with van der Waals surface area (Å²) < 4.78 is 26.1. The van der Waals surface area contributed by atoms with Crippen molar-refractivity contribution in [3.05, 3.63) is 74.9 Å². The van der Waals surface area contributed by atoms with Crippen molar-refractivity contribution in [2.75, 3.05) is 25.0 Å². The highest BCUT2D eigenvalue weighted by atomic mass is 32.1. The molecule has 2 atom stereocenters. The zero-order chi connectivity index (χ0) is 26.4. The molecule has 0 amide bonds. The van der Waals surface area contributed by atoms with E-state index in [9.17, 15) is 14.3 Å². The van der Waals surface area contributed by atoms with E-state index in [-0.39, 0.29) is 24.7 Å². The fourth-order valence-corrected chi connectivity index (χ4v) is 4.82. The number of aliphatic hydroxyl groups is 1. The van der Waals surface area contributed by atoms with Crippen molar-refractivity contribution < 1.29 is 28.9 Å². The number of benzene rings is 2. The number of aromatic carboxylic acids is 1. The molecule has 0 bridgehead atoms. The first kappa shape index (κ1) is 26.2. The molecular weight excluding hydrogens is 503 g/mol. The summed E-state index contributed by atoms with van der Waals surface area (Å²) in [7, 11) is 0. The Hall–Kier alpha value is -3.90. The summed E-state index contributed by atoms with van der Waals surface area (Å²) in [4.78, 5) is 18.0. The standard InChI is InChI=1S/C24H25FN6O5S/c1-24(13-21(32)30-23-27-7-9-37-23)17-12-20(36-15-2-3-16(22(33)34)18(25)11-15)19(35-8-6-29-31-26)10-14(17)4-5-28-24/h2-3,7,9-12,21,28,32H,4-6,8,13H2,1H3,(H,27,30)(H,33,34)/t21?,24-/m1/s1. The minimum Gasteiger partial charge on any atom is -0.490 e. The fraction of sp³-hybridized carbons (Fsp3) is 0.333. The van der Waals surface area contributed by atoms with Gasteiger partial charge in [-0.3, -0.25) is 0 Å². The summed E-state index contributed by atoms with van der Waals surface area (Å²) in [5, 5.41) is 32.2. The van der Waals surface area contributed by atoms with Crippen LogP contribution in [0.1, 0.15) is 34.8 Å². The molecule has 0 saturated carbocycles. The Kier molecular flexibility index (Phi) is 8.09. The van der Waals surface area contributed by atoms with Gasteiger partial charge < -0.3 is 30.3 Å². The predicted octanol–water partition coefficient (Wildman–Crippen LogP) is 4.64. The topological polar surface area (TPSA) is 162 Å². The van der Waals surface area contributed by atoms with E-state index in [2.05, 4.69) is 25.6 Å². The molecule has 1 aliphatic rings. The van der Waals surface area contributed by atoms with Gasteiger partial charge in [0.05, 0.1) is 18.7 Å². The summed E-state index contributed by atoms with van der Waals surface area (Å²) in [6.45, 7) is 2.82. The summed E-state index contributed by atoms with van der Waals surface area (Å²) in [5.74, 6) is -1.61. The minimum atomic E-state index is -1.38. The zero-order valence-electron chi connectivity index (χ0n) is 19.8. The predicted molar refractivity (Wildman–Crippen MR) is 135 cm³/mol. The monoisotopic (exact) mass is 528 g/mol. The molecule has 194 valence electrons. The van der Waals surface area contributed by atoms with Crippen molar-refractivity contribution in [1.29, 1.82) is 0 Å². The Morgan fingerprint density at radius 1 is 1.41 bits per heavy atom. The third-order valence-corrected chi connectivity index (χ3v) is 6.61. The van der Waals surface area contributed by atoms with E-state index < -0.39 is 29.1 Å². The third kappa shape index (κ3) is 6.27. The molecule has 4 rings (SSSR count). The molecule has 1 aromatic heterocycles. The fourth-order valence-electron chi connectivity index (χ4n) is 4.24. The number of carboxylic acid groups (broad SMARTS) is 1. The van der Waals surface area contributed by atoms with Crippen LogP contribution in [0.2, 0.25) is 0 Å². The first-order valence-electron chi connectivity index (χ1n) is 11.4. The van der Waals surface area contributed by atoms with Crippen molar-refractivity contribution in [2.45, 2.75) is 31.5 Å². The quantitative estimate of drug-likeness (QED) is 0.0919. The van der Waals surface area contributed by atoms with Gasteiger partial charge in [-0.05, 0) is 54.3 Å². The Balaban J connectivity index is 1.66. The van der Waals surface area contributed by atoms with Crippen LogP contribution in [0.4, 0.5) is 9.52 Å². The molecule has 37 heavy (non-hydrogen) atoms. The van der Waals surface area contributed by atoms with Crippen LogP contribution in [-0.4, -0.2) is 47.1 Å². The molecule has 0 aliphatic carbocycles. The first-order chi connectivity index (χ1) is 17.8. The van der Waals surface area contributed by atoms with Gasteiger partial charge in [0.2, 0.25) is 0 Å². The maximum Gasteiger partial charge on any atom is 0.338 e. The van der Waals surface area contributed by atoms with Gasteiger partial charge in [0, 0.05) is 41.1 Å². The van der Waals surface area contributed by atoms with E-state index in [1.54, 1.807) is 12.3 Å². The van der Waals surface area contributed by atoms with Crippen LogP contribution in [0.5, 0.6) is 17.2 Å². The average molecular weight is 529 g/mol. The number of anilines is 1. The second kappa shape index (κ2) is 11.4. The molecule has 11 nitrogen and oxygen atoms in total. The number of hydrogen-bond acceptors (Lipinski definition) is 9. The van der Waals surface area contributed by atoms with Crippen LogP contribution in [0.25, 0.3) is 10.4 Å². The third-order valence-electron chi connectivity index (χ3n) is 5.91. The van der Waals surface area contributed by atoms with Gasteiger partial charge in [-0.15, -0.1) is 11.3 Å². The van der Waals surface area contributed by atoms with Crippen LogP contribution in [0.15, 0.2) is 47.0 Å². The van der Waals surface area contributed by atoms with Crippen molar-refractivity contribution in [2.24, 2.45) is 5.11 Å². The van der Waals surface area contributed by atoms with E-state index in [0.717, 1.165) is 23.3 Å². The lowest BCUT2D eigenvalue weighted by Gasteiger charge is -2.39. The number of carbonyl (C=O) groups is 1. The Morgan fingerprint density at radius 3 is 2.95 bits per heavy atom. The summed E-state index contributed by atoms with van der Waals surface area (Å²) in [6, 6.07) is 7.06. The Labute approximate surface area is 215 Å². The normalized spacial score (nSPS) is 17.3. The van der Waals surface area contributed by atoms with Crippen molar-refractivity contribution in [1.82, 2.24) is 10.3 Å². The Morgan fingerprint density at radius 2 is 2.24 bits per heavy atom. The van der Waals surface area contributed by atoms with Crippen molar-refractivity contribution in [3.8, 4) is 17.2 Å². The highest BCUT2D eigenvalue weighted by Crippen LogP contribution is 2.41. The van der Waals surface area contributed by atoms with E-state index in [0.29, 0.717) is 30.3 Å². The number of azide groups is 1. The SMILES string of the molecule is C[C@]1(CC(O)Nc2nccs2)NCCc2cc(OCCN=[N+]=[N-])c(Oc3ccc(C(=O)O)c(F)c3)cc21. The second-order valence-electron chi connectivity index (χ2n) is 8.52. The summed E-state index contributed by atoms with van der Waals surface area (Å²) >= 11 is 1.38. The molecular formula is C24H25FN6O5S. The number of carboxylic acids is 1. The van der Waals surface area contributed by atoms with Crippen LogP contribution in [0.3, 0.4) is 0 Å². The van der Waals surface area contributed by atoms with Gasteiger partial charge in [-0.25, -0.2) is 14.2 Å². The van der Waals surface area contributed by atoms with Gasteiger partial charge in [0.25, 0.3) is 0 Å². The van der Waals surface area contributed by atoms with Gasteiger partial charge in [0.15, 0.2) is 16.6 Å². The largest absolute Gasteiger partial charge is 0.490 e. The minimum absolute atomic E-state index is 0.0817. The number of rotatable bonds is 11. The molecule has 1 aliphatic heterocycles. The lowest BCUT2D eigenvalue weighted by molar-refractivity contribution is 0.0691. The van der Waals surface area contributed by atoms with Gasteiger partial charge >= 0.3 is 5.97 Å². The molecule has 0 radical (unpaired) electrons. The number of aromatic nitrogens is 1. The molecule has 4 N–H and O–H groups in total. The maximum absolute atomic E-state index is 14.3. The molecule has 0 fully saturated rings. The number of nitrogens with one attached hydrogen (secondary N) is 2. The van der Waals surface area contributed by atoms with Crippen LogP contribution < -0.4 is 20.1 Å². The zero-order valence-corrected chi connectivity index (χ0v) is 20.7. The lowest BCUT2D eigenvalue weighted by Crippen LogP contribution is -2.48. The highest BCUT2D eigenvalue weighted by molar-refractivity contribution is 7.13.